The highest BCUT2D eigenvalue weighted by atomic mass is 32.1. The molecule has 0 aliphatic rings. The van der Waals surface area contributed by atoms with Crippen LogP contribution in [0, 0.1) is 0 Å². The first-order chi connectivity index (χ1) is 12.2. The van der Waals surface area contributed by atoms with Gasteiger partial charge in [0.05, 0.1) is 34.4 Å². The number of carbonyl (C=O) groups is 2. The van der Waals surface area contributed by atoms with Gasteiger partial charge in [-0.25, -0.2) is 9.59 Å². The van der Waals surface area contributed by atoms with Crippen molar-refractivity contribution in [2.45, 2.75) is 13.8 Å². The fourth-order valence-corrected chi connectivity index (χ4v) is 3.99. The Labute approximate surface area is 153 Å². The molecule has 130 valence electrons. The predicted octanol–water partition coefficient (Wildman–Crippen LogP) is 4.83. The number of hydrogen-bond acceptors (Lipinski definition) is 6. The molecule has 0 saturated carbocycles. The minimum atomic E-state index is -0.534. The number of aromatic amines is 1. The molecule has 3 aromatic rings. The first kappa shape index (κ1) is 17.4. The van der Waals surface area contributed by atoms with Gasteiger partial charge < -0.3 is 14.5 Å². The number of aromatic nitrogens is 1. The zero-order valence-electron chi connectivity index (χ0n) is 13.8. The van der Waals surface area contributed by atoms with Crippen LogP contribution in [-0.2, 0) is 9.47 Å². The van der Waals surface area contributed by atoms with Crippen LogP contribution in [0.4, 0.5) is 0 Å². The first-order valence-corrected chi connectivity index (χ1v) is 9.61. The third-order valence-electron chi connectivity index (χ3n) is 3.49. The van der Waals surface area contributed by atoms with E-state index in [4.69, 9.17) is 9.47 Å². The topological polar surface area (TPSA) is 68.4 Å². The van der Waals surface area contributed by atoms with E-state index in [-0.39, 0.29) is 24.3 Å². The van der Waals surface area contributed by atoms with Gasteiger partial charge in [-0.15, -0.1) is 22.7 Å². The second-order valence-corrected chi connectivity index (χ2v) is 6.92. The number of ether oxygens (including phenoxy) is 2. The molecule has 0 atom stereocenters. The van der Waals surface area contributed by atoms with Crippen molar-refractivity contribution in [1.29, 1.82) is 0 Å². The molecular weight excluding hydrogens is 358 g/mol. The SMILES string of the molecule is CCOC(=O)c1c(-c2cccs2)[nH]c(-c2cccs2)c1C(=O)OCC. The summed E-state index contributed by atoms with van der Waals surface area (Å²) in [6.07, 6.45) is 0. The number of rotatable bonds is 6. The minimum absolute atomic E-state index is 0.227. The summed E-state index contributed by atoms with van der Waals surface area (Å²) in [7, 11) is 0. The summed E-state index contributed by atoms with van der Waals surface area (Å²) in [4.78, 5) is 30.2. The van der Waals surface area contributed by atoms with Crippen molar-refractivity contribution in [1.82, 2.24) is 4.98 Å². The second kappa shape index (κ2) is 7.67. The number of H-pyrrole nitrogens is 1. The lowest BCUT2D eigenvalue weighted by molar-refractivity contribution is 0.0481. The van der Waals surface area contributed by atoms with E-state index >= 15 is 0 Å². The molecule has 3 rings (SSSR count). The van der Waals surface area contributed by atoms with Crippen LogP contribution in [0.2, 0.25) is 0 Å². The molecule has 0 radical (unpaired) electrons. The highest BCUT2D eigenvalue weighted by Gasteiger charge is 2.31. The smallest absolute Gasteiger partial charge is 0.341 e. The molecule has 0 unspecified atom stereocenters. The van der Waals surface area contributed by atoms with Gasteiger partial charge in [-0.1, -0.05) is 12.1 Å². The number of carbonyl (C=O) groups excluding carboxylic acids is 2. The summed E-state index contributed by atoms with van der Waals surface area (Å²) in [5.74, 6) is -1.07. The van der Waals surface area contributed by atoms with Crippen molar-refractivity contribution >= 4 is 34.6 Å². The van der Waals surface area contributed by atoms with Gasteiger partial charge in [-0.05, 0) is 36.7 Å². The van der Waals surface area contributed by atoms with Gasteiger partial charge in [-0.2, -0.15) is 0 Å². The van der Waals surface area contributed by atoms with Crippen LogP contribution in [-0.4, -0.2) is 30.1 Å². The summed E-state index contributed by atoms with van der Waals surface area (Å²) >= 11 is 2.96. The van der Waals surface area contributed by atoms with E-state index in [0.717, 1.165) is 9.75 Å². The highest BCUT2D eigenvalue weighted by Crippen LogP contribution is 2.38. The molecule has 0 saturated heterocycles. The summed E-state index contributed by atoms with van der Waals surface area (Å²) in [6.45, 7) is 3.92. The van der Waals surface area contributed by atoms with Crippen molar-refractivity contribution in [2.24, 2.45) is 0 Å². The molecule has 5 nitrogen and oxygen atoms in total. The van der Waals surface area contributed by atoms with Crippen LogP contribution in [0.3, 0.4) is 0 Å². The molecule has 0 fully saturated rings. The maximum atomic E-state index is 12.6. The van der Waals surface area contributed by atoms with Gasteiger partial charge in [0.1, 0.15) is 11.1 Å². The molecule has 0 bridgehead atoms. The number of hydrogen-bond donors (Lipinski definition) is 1. The summed E-state index contributed by atoms with van der Waals surface area (Å²) < 4.78 is 10.4. The van der Waals surface area contributed by atoms with Gasteiger partial charge in [0, 0.05) is 0 Å². The predicted molar refractivity (Wildman–Crippen MR) is 99.3 cm³/mol. The average molecular weight is 375 g/mol. The van der Waals surface area contributed by atoms with Gasteiger partial charge in [-0.3, -0.25) is 0 Å². The zero-order chi connectivity index (χ0) is 17.8. The fourth-order valence-electron chi connectivity index (χ4n) is 2.53. The molecule has 1 N–H and O–H groups in total. The number of thiophene rings is 2. The van der Waals surface area contributed by atoms with Crippen LogP contribution in [0.15, 0.2) is 35.0 Å². The normalized spacial score (nSPS) is 10.6. The van der Waals surface area contributed by atoms with Crippen molar-refractivity contribution in [3.05, 3.63) is 46.2 Å². The Bertz CT molecular complexity index is 793. The van der Waals surface area contributed by atoms with Crippen LogP contribution >= 0.6 is 22.7 Å². The van der Waals surface area contributed by atoms with E-state index in [1.54, 1.807) is 13.8 Å². The van der Waals surface area contributed by atoms with Crippen molar-refractivity contribution in [3.63, 3.8) is 0 Å². The van der Waals surface area contributed by atoms with E-state index in [0.29, 0.717) is 11.4 Å². The Morgan fingerprint density at radius 3 is 1.64 bits per heavy atom. The van der Waals surface area contributed by atoms with E-state index in [1.165, 1.54) is 22.7 Å². The quantitative estimate of drug-likeness (QED) is 0.627. The van der Waals surface area contributed by atoms with E-state index in [1.807, 2.05) is 35.0 Å². The van der Waals surface area contributed by atoms with Crippen LogP contribution in [0.5, 0.6) is 0 Å². The molecule has 0 aliphatic heterocycles. The Hall–Kier alpha value is -2.38. The Kier molecular flexibility index (Phi) is 5.35. The van der Waals surface area contributed by atoms with Gasteiger partial charge >= 0.3 is 11.9 Å². The lowest BCUT2D eigenvalue weighted by atomic mass is 10.1. The number of nitrogens with one attached hydrogen (secondary N) is 1. The molecular formula is C18H17NO4S2. The van der Waals surface area contributed by atoms with E-state index in [2.05, 4.69) is 4.98 Å². The van der Waals surface area contributed by atoms with E-state index < -0.39 is 11.9 Å². The standard InChI is InChI=1S/C18H17NO4S2/c1-3-22-17(20)13-14(18(21)23-4-2)16(12-8-6-10-25-12)19-15(13)11-7-5-9-24-11/h5-10,19H,3-4H2,1-2H3. The zero-order valence-corrected chi connectivity index (χ0v) is 15.5. The molecule has 0 aromatic carbocycles. The monoisotopic (exact) mass is 375 g/mol. The molecule has 0 aliphatic carbocycles. The average Bonchev–Trinajstić information content (AvgIpc) is 3.33. The Balaban J connectivity index is 2.27. The number of esters is 2. The van der Waals surface area contributed by atoms with Crippen molar-refractivity contribution < 1.29 is 19.1 Å². The first-order valence-electron chi connectivity index (χ1n) is 7.85. The summed E-state index contributed by atoms with van der Waals surface area (Å²) in [5.41, 5.74) is 1.62. The van der Waals surface area contributed by atoms with Crippen LogP contribution < -0.4 is 0 Å². The lowest BCUT2D eigenvalue weighted by Crippen LogP contribution is -2.13. The van der Waals surface area contributed by atoms with Crippen LogP contribution in [0.1, 0.15) is 34.6 Å². The molecule has 0 spiro atoms. The van der Waals surface area contributed by atoms with E-state index in [9.17, 15) is 9.59 Å². The van der Waals surface area contributed by atoms with Crippen molar-refractivity contribution in [2.75, 3.05) is 13.2 Å². The summed E-state index contributed by atoms with van der Waals surface area (Å²) in [6, 6.07) is 7.58. The molecule has 0 amide bonds. The molecule has 3 aromatic heterocycles. The Morgan fingerprint density at radius 2 is 1.32 bits per heavy atom. The maximum absolute atomic E-state index is 12.6. The Morgan fingerprint density at radius 1 is 0.880 bits per heavy atom. The highest BCUT2D eigenvalue weighted by molar-refractivity contribution is 7.14. The van der Waals surface area contributed by atoms with Crippen LogP contribution in [0.25, 0.3) is 21.1 Å². The largest absolute Gasteiger partial charge is 0.462 e. The van der Waals surface area contributed by atoms with Gasteiger partial charge in [0.2, 0.25) is 0 Å². The van der Waals surface area contributed by atoms with Crippen molar-refractivity contribution in [3.8, 4) is 21.1 Å². The second-order valence-electron chi connectivity index (χ2n) is 5.02. The lowest BCUT2D eigenvalue weighted by Gasteiger charge is -2.07. The third kappa shape index (κ3) is 3.38. The fraction of sp³-hybridized carbons (Fsp3) is 0.222. The van der Waals surface area contributed by atoms with Gasteiger partial charge in [0.25, 0.3) is 0 Å². The molecule has 3 heterocycles. The maximum Gasteiger partial charge on any atom is 0.341 e. The molecule has 7 heteroatoms. The molecule has 25 heavy (non-hydrogen) atoms. The third-order valence-corrected chi connectivity index (χ3v) is 5.27. The summed E-state index contributed by atoms with van der Waals surface area (Å²) in [5, 5.41) is 3.83. The minimum Gasteiger partial charge on any atom is -0.462 e. The van der Waals surface area contributed by atoms with Gasteiger partial charge in [0.15, 0.2) is 0 Å².